The molecule has 0 aliphatic carbocycles. The quantitative estimate of drug-likeness (QED) is 0.771. The Hall–Kier alpha value is -2.34. The number of aryl methyl sites for hydroxylation is 1. The first-order valence-electron chi connectivity index (χ1n) is 6.50. The molecule has 6 nitrogen and oxygen atoms in total. The summed E-state index contributed by atoms with van der Waals surface area (Å²) in [5.41, 5.74) is 3.66. The van der Waals surface area contributed by atoms with Gasteiger partial charge in [0.05, 0.1) is 34.7 Å². The van der Waals surface area contributed by atoms with Gasteiger partial charge in [-0.25, -0.2) is 4.98 Å². The SMILES string of the molecule is CNC(Cc1cn(C)nn1)c1cnc2ccccc2n1. The zero-order valence-corrected chi connectivity index (χ0v) is 11.5. The second kappa shape index (κ2) is 5.34. The average molecular weight is 268 g/mol. The first-order chi connectivity index (χ1) is 9.76. The second-order valence-corrected chi connectivity index (χ2v) is 4.71. The Bertz CT molecular complexity index is 720. The summed E-state index contributed by atoms with van der Waals surface area (Å²) in [6, 6.07) is 7.94. The number of fused-ring (bicyclic) bond motifs is 1. The predicted molar refractivity (Wildman–Crippen MR) is 76.0 cm³/mol. The molecule has 1 unspecified atom stereocenters. The van der Waals surface area contributed by atoms with Crippen LogP contribution in [0.5, 0.6) is 0 Å². The van der Waals surface area contributed by atoms with Crippen LogP contribution in [0.4, 0.5) is 0 Å². The van der Waals surface area contributed by atoms with Crippen LogP contribution < -0.4 is 5.32 Å². The number of likely N-dealkylation sites (N-methyl/N-ethyl adjacent to an activating group) is 1. The molecule has 0 saturated carbocycles. The minimum Gasteiger partial charge on any atom is -0.311 e. The fraction of sp³-hybridized carbons (Fsp3) is 0.286. The molecular formula is C14H16N6. The topological polar surface area (TPSA) is 68.5 Å². The summed E-state index contributed by atoms with van der Waals surface area (Å²) in [7, 11) is 3.78. The Morgan fingerprint density at radius 3 is 2.75 bits per heavy atom. The van der Waals surface area contributed by atoms with Crippen LogP contribution in [0, 0.1) is 0 Å². The van der Waals surface area contributed by atoms with E-state index in [1.807, 2.05) is 50.8 Å². The lowest BCUT2D eigenvalue weighted by Crippen LogP contribution is -2.20. The number of hydrogen-bond donors (Lipinski definition) is 1. The summed E-state index contributed by atoms with van der Waals surface area (Å²) in [4.78, 5) is 9.12. The van der Waals surface area contributed by atoms with Gasteiger partial charge < -0.3 is 5.32 Å². The number of aromatic nitrogens is 5. The standard InChI is InChI=1S/C14H16N6/c1-15-13(7-10-9-20(2)19-18-10)14-8-16-11-5-3-4-6-12(11)17-14/h3-6,8-9,13,15H,7H2,1-2H3. The third-order valence-corrected chi connectivity index (χ3v) is 3.24. The van der Waals surface area contributed by atoms with Gasteiger partial charge in [-0.1, -0.05) is 17.3 Å². The molecule has 2 aromatic heterocycles. The molecule has 0 amide bonds. The molecule has 1 atom stereocenters. The lowest BCUT2D eigenvalue weighted by atomic mass is 10.1. The molecule has 0 radical (unpaired) electrons. The average Bonchev–Trinajstić information content (AvgIpc) is 2.89. The lowest BCUT2D eigenvalue weighted by molar-refractivity contribution is 0.568. The zero-order valence-electron chi connectivity index (χ0n) is 11.5. The number of para-hydroxylation sites is 2. The van der Waals surface area contributed by atoms with E-state index >= 15 is 0 Å². The molecule has 102 valence electrons. The highest BCUT2D eigenvalue weighted by atomic mass is 15.4. The molecule has 3 rings (SSSR count). The summed E-state index contributed by atoms with van der Waals surface area (Å²) < 4.78 is 1.70. The maximum Gasteiger partial charge on any atom is 0.0890 e. The van der Waals surface area contributed by atoms with Crippen LogP contribution in [-0.2, 0) is 13.5 Å². The lowest BCUT2D eigenvalue weighted by Gasteiger charge is -2.14. The van der Waals surface area contributed by atoms with Gasteiger partial charge in [-0.05, 0) is 19.2 Å². The van der Waals surface area contributed by atoms with Crippen molar-refractivity contribution in [3.05, 3.63) is 48.0 Å². The van der Waals surface area contributed by atoms with Crippen molar-refractivity contribution in [3.63, 3.8) is 0 Å². The maximum atomic E-state index is 4.67. The van der Waals surface area contributed by atoms with Crippen LogP contribution >= 0.6 is 0 Å². The molecule has 0 spiro atoms. The number of nitrogens with one attached hydrogen (secondary N) is 1. The van der Waals surface area contributed by atoms with E-state index in [-0.39, 0.29) is 6.04 Å². The molecular weight excluding hydrogens is 252 g/mol. The van der Waals surface area contributed by atoms with Gasteiger partial charge in [0.2, 0.25) is 0 Å². The molecule has 2 heterocycles. The molecule has 1 N–H and O–H groups in total. The van der Waals surface area contributed by atoms with Crippen LogP contribution in [0.25, 0.3) is 11.0 Å². The Morgan fingerprint density at radius 2 is 2.05 bits per heavy atom. The summed E-state index contributed by atoms with van der Waals surface area (Å²) in [5, 5.41) is 11.3. The molecule has 0 aliphatic heterocycles. The molecule has 3 aromatic rings. The van der Waals surface area contributed by atoms with Crippen LogP contribution in [-0.4, -0.2) is 32.0 Å². The predicted octanol–water partition coefficient (Wildman–Crippen LogP) is 1.26. The number of benzene rings is 1. The highest BCUT2D eigenvalue weighted by molar-refractivity contribution is 5.73. The van der Waals surface area contributed by atoms with Crippen molar-refractivity contribution in [2.24, 2.45) is 7.05 Å². The summed E-state index contributed by atoms with van der Waals surface area (Å²) in [6.07, 6.45) is 4.47. The normalized spacial score (nSPS) is 12.7. The van der Waals surface area contributed by atoms with Gasteiger partial charge in [0.25, 0.3) is 0 Å². The van der Waals surface area contributed by atoms with Gasteiger partial charge in [-0.15, -0.1) is 5.10 Å². The van der Waals surface area contributed by atoms with E-state index in [0.717, 1.165) is 28.8 Å². The molecule has 0 saturated heterocycles. The summed E-state index contributed by atoms with van der Waals surface area (Å²) in [6.45, 7) is 0. The third kappa shape index (κ3) is 2.50. The van der Waals surface area contributed by atoms with Crippen LogP contribution in [0.15, 0.2) is 36.7 Å². The smallest absolute Gasteiger partial charge is 0.0890 e. The van der Waals surface area contributed by atoms with Crippen molar-refractivity contribution >= 4 is 11.0 Å². The van der Waals surface area contributed by atoms with E-state index in [4.69, 9.17) is 0 Å². The summed E-state index contributed by atoms with van der Waals surface area (Å²) >= 11 is 0. The molecule has 0 aliphatic rings. The van der Waals surface area contributed by atoms with E-state index in [9.17, 15) is 0 Å². The van der Waals surface area contributed by atoms with E-state index in [0.29, 0.717) is 0 Å². The van der Waals surface area contributed by atoms with E-state index in [2.05, 4.69) is 25.6 Å². The molecule has 20 heavy (non-hydrogen) atoms. The van der Waals surface area contributed by atoms with Crippen molar-refractivity contribution < 1.29 is 0 Å². The Morgan fingerprint density at radius 1 is 1.25 bits per heavy atom. The van der Waals surface area contributed by atoms with Gasteiger partial charge in [0, 0.05) is 19.7 Å². The zero-order chi connectivity index (χ0) is 13.9. The monoisotopic (exact) mass is 268 g/mol. The van der Waals surface area contributed by atoms with E-state index < -0.39 is 0 Å². The van der Waals surface area contributed by atoms with Crippen molar-refractivity contribution in [2.75, 3.05) is 7.05 Å². The minimum atomic E-state index is 0.0730. The molecule has 6 heteroatoms. The number of nitrogens with zero attached hydrogens (tertiary/aromatic N) is 5. The van der Waals surface area contributed by atoms with Crippen molar-refractivity contribution in [2.45, 2.75) is 12.5 Å². The van der Waals surface area contributed by atoms with E-state index in [1.165, 1.54) is 0 Å². The third-order valence-electron chi connectivity index (χ3n) is 3.24. The van der Waals surface area contributed by atoms with E-state index in [1.54, 1.807) is 4.68 Å². The minimum absolute atomic E-state index is 0.0730. The van der Waals surface area contributed by atoms with Crippen LogP contribution in [0.1, 0.15) is 17.4 Å². The van der Waals surface area contributed by atoms with Crippen molar-refractivity contribution in [3.8, 4) is 0 Å². The first-order valence-corrected chi connectivity index (χ1v) is 6.50. The Labute approximate surface area is 116 Å². The number of hydrogen-bond acceptors (Lipinski definition) is 5. The fourth-order valence-electron chi connectivity index (χ4n) is 2.19. The summed E-state index contributed by atoms with van der Waals surface area (Å²) in [5.74, 6) is 0. The van der Waals surface area contributed by atoms with Gasteiger partial charge in [0.1, 0.15) is 0 Å². The molecule has 0 fully saturated rings. The highest BCUT2D eigenvalue weighted by Gasteiger charge is 2.14. The largest absolute Gasteiger partial charge is 0.311 e. The first kappa shape index (κ1) is 12.7. The molecule has 0 bridgehead atoms. The Balaban J connectivity index is 1.90. The van der Waals surface area contributed by atoms with Crippen LogP contribution in [0.2, 0.25) is 0 Å². The maximum absolute atomic E-state index is 4.67. The van der Waals surface area contributed by atoms with Crippen molar-refractivity contribution in [1.29, 1.82) is 0 Å². The second-order valence-electron chi connectivity index (χ2n) is 4.71. The van der Waals surface area contributed by atoms with Gasteiger partial charge in [-0.3, -0.25) is 9.67 Å². The van der Waals surface area contributed by atoms with Gasteiger partial charge >= 0.3 is 0 Å². The van der Waals surface area contributed by atoms with Crippen molar-refractivity contribution in [1.82, 2.24) is 30.3 Å². The van der Waals surface area contributed by atoms with Gasteiger partial charge in [0.15, 0.2) is 0 Å². The highest BCUT2D eigenvalue weighted by Crippen LogP contribution is 2.17. The van der Waals surface area contributed by atoms with Gasteiger partial charge in [-0.2, -0.15) is 0 Å². The molecule has 1 aromatic carbocycles. The fourth-order valence-corrected chi connectivity index (χ4v) is 2.19. The van der Waals surface area contributed by atoms with Crippen LogP contribution in [0.3, 0.4) is 0 Å². The number of rotatable bonds is 4. The Kier molecular flexibility index (Phi) is 3.39.